The van der Waals surface area contributed by atoms with E-state index >= 15 is 0 Å². The van der Waals surface area contributed by atoms with Gasteiger partial charge in [0.15, 0.2) is 0 Å². The highest BCUT2D eigenvalue weighted by atomic mass is 16.4. The molecule has 0 saturated carbocycles. The van der Waals surface area contributed by atoms with Crippen molar-refractivity contribution in [2.75, 3.05) is 0 Å². The topological polar surface area (TPSA) is 66.7 Å². The third kappa shape index (κ3) is 1.56. The minimum atomic E-state index is -1.11. The largest absolute Gasteiger partial charge is 0.478 e. The Kier molecular flexibility index (Phi) is 2.35. The molecule has 0 radical (unpaired) electrons. The summed E-state index contributed by atoms with van der Waals surface area (Å²) < 4.78 is 0. The lowest BCUT2D eigenvalue weighted by molar-refractivity contribution is 0.0698. The van der Waals surface area contributed by atoms with Crippen molar-refractivity contribution in [2.45, 2.75) is 0 Å². The van der Waals surface area contributed by atoms with Crippen LogP contribution in [0.15, 0.2) is 29.3 Å². The summed E-state index contributed by atoms with van der Waals surface area (Å²) in [5.74, 6) is -1.11. The van der Waals surface area contributed by atoms with E-state index in [0.717, 1.165) is 0 Å². The summed E-state index contributed by atoms with van der Waals surface area (Å²) in [6, 6.07) is 5.97. The van der Waals surface area contributed by atoms with E-state index in [2.05, 4.69) is 4.99 Å². The third-order valence-corrected chi connectivity index (χ3v) is 1.30. The minimum Gasteiger partial charge on any atom is -0.478 e. The number of rotatable bonds is 2. The number of hydrogen-bond donors (Lipinski definition) is 1. The van der Waals surface area contributed by atoms with Crippen molar-refractivity contribution in [3.05, 3.63) is 29.8 Å². The molecule has 1 rings (SSSR count). The maximum Gasteiger partial charge on any atom is 0.337 e. The molecule has 0 aliphatic rings. The number of aromatic carboxylic acids is 1. The van der Waals surface area contributed by atoms with Crippen LogP contribution in [0, 0.1) is 0 Å². The van der Waals surface area contributed by atoms with Crippen LogP contribution < -0.4 is 0 Å². The van der Waals surface area contributed by atoms with Gasteiger partial charge in [-0.3, -0.25) is 0 Å². The molecule has 0 amide bonds. The molecule has 0 bridgehead atoms. The van der Waals surface area contributed by atoms with Gasteiger partial charge < -0.3 is 5.11 Å². The Morgan fingerprint density at radius 1 is 1.42 bits per heavy atom. The van der Waals surface area contributed by atoms with Gasteiger partial charge >= 0.3 is 5.97 Å². The molecule has 12 heavy (non-hydrogen) atoms. The summed E-state index contributed by atoms with van der Waals surface area (Å²) in [6.07, 6.45) is 1.29. The molecule has 0 saturated heterocycles. The van der Waals surface area contributed by atoms with Gasteiger partial charge in [-0.25, -0.2) is 9.59 Å². The first-order valence-electron chi connectivity index (χ1n) is 3.16. The number of carbonyl (C=O) groups is 1. The zero-order chi connectivity index (χ0) is 8.97. The predicted molar refractivity (Wildman–Crippen MR) is 41.2 cm³/mol. The van der Waals surface area contributed by atoms with Crippen molar-refractivity contribution >= 4 is 17.7 Å². The Hall–Kier alpha value is -1.93. The molecule has 0 atom stereocenters. The number of hydrogen-bond acceptors (Lipinski definition) is 3. The van der Waals surface area contributed by atoms with Gasteiger partial charge in [0.2, 0.25) is 6.08 Å². The van der Waals surface area contributed by atoms with Crippen molar-refractivity contribution in [1.82, 2.24) is 0 Å². The molecular formula is C8H5NO3. The molecule has 0 fully saturated rings. The fourth-order valence-corrected chi connectivity index (χ4v) is 0.801. The van der Waals surface area contributed by atoms with E-state index in [9.17, 15) is 9.59 Å². The second-order valence-corrected chi connectivity index (χ2v) is 2.03. The van der Waals surface area contributed by atoms with E-state index in [1.165, 1.54) is 18.2 Å². The highest BCUT2D eigenvalue weighted by molar-refractivity contribution is 5.93. The zero-order valence-corrected chi connectivity index (χ0v) is 6.02. The maximum absolute atomic E-state index is 10.5. The van der Waals surface area contributed by atoms with E-state index in [-0.39, 0.29) is 11.3 Å². The summed E-state index contributed by atoms with van der Waals surface area (Å²) in [7, 11) is 0. The minimum absolute atomic E-state index is 0.000787. The van der Waals surface area contributed by atoms with Crippen molar-refractivity contribution in [3.63, 3.8) is 0 Å². The Balaban J connectivity index is 3.26. The van der Waals surface area contributed by atoms with Crippen LogP contribution in [0.1, 0.15) is 10.4 Å². The maximum atomic E-state index is 10.5. The number of carbonyl (C=O) groups excluding carboxylic acids is 1. The summed E-state index contributed by atoms with van der Waals surface area (Å²) in [5, 5.41) is 8.60. The highest BCUT2D eigenvalue weighted by Crippen LogP contribution is 2.17. The Bertz CT molecular complexity index is 332. The van der Waals surface area contributed by atoms with Crippen LogP contribution in [-0.2, 0) is 4.79 Å². The van der Waals surface area contributed by atoms with Gasteiger partial charge in [0.25, 0.3) is 0 Å². The molecular weight excluding hydrogens is 158 g/mol. The van der Waals surface area contributed by atoms with Crippen LogP contribution in [0.5, 0.6) is 0 Å². The number of benzene rings is 1. The Morgan fingerprint density at radius 3 is 2.67 bits per heavy atom. The first-order chi connectivity index (χ1) is 5.75. The molecule has 0 heterocycles. The van der Waals surface area contributed by atoms with Crippen LogP contribution in [-0.4, -0.2) is 17.2 Å². The lowest BCUT2D eigenvalue weighted by Crippen LogP contribution is -1.95. The smallest absolute Gasteiger partial charge is 0.337 e. The Labute approximate surface area is 68.2 Å². The number of carboxylic acid groups (broad SMARTS) is 1. The van der Waals surface area contributed by atoms with Crippen molar-refractivity contribution < 1.29 is 14.7 Å². The van der Waals surface area contributed by atoms with Crippen LogP contribution in [0.4, 0.5) is 5.69 Å². The van der Waals surface area contributed by atoms with Gasteiger partial charge in [0, 0.05) is 0 Å². The van der Waals surface area contributed by atoms with Crippen LogP contribution in [0.3, 0.4) is 0 Å². The standard InChI is InChI=1S/C8H5NO3/c10-5-9-7-4-2-1-3-6(7)8(11)12/h1-4H,(H,11,12). The summed E-state index contributed by atoms with van der Waals surface area (Å²) >= 11 is 0. The predicted octanol–water partition coefficient (Wildman–Crippen LogP) is 1.35. The number of isocyanates is 1. The molecule has 1 aromatic rings. The lowest BCUT2D eigenvalue weighted by Gasteiger charge is -1.95. The summed E-state index contributed by atoms with van der Waals surface area (Å²) in [6.45, 7) is 0. The number of para-hydroxylation sites is 1. The van der Waals surface area contributed by atoms with Crippen LogP contribution >= 0.6 is 0 Å². The fourth-order valence-electron chi connectivity index (χ4n) is 0.801. The first kappa shape index (κ1) is 8.17. The first-order valence-corrected chi connectivity index (χ1v) is 3.16. The van der Waals surface area contributed by atoms with Crippen molar-refractivity contribution in [3.8, 4) is 0 Å². The van der Waals surface area contributed by atoms with Gasteiger partial charge in [-0.05, 0) is 12.1 Å². The van der Waals surface area contributed by atoms with Gasteiger partial charge in [0.05, 0.1) is 11.3 Å². The third-order valence-electron chi connectivity index (χ3n) is 1.30. The normalized spacial score (nSPS) is 8.67. The molecule has 4 nitrogen and oxygen atoms in total. The summed E-state index contributed by atoms with van der Waals surface area (Å²) in [5.41, 5.74) is 0.126. The molecule has 0 spiro atoms. The van der Waals surface area contributed by atoms with Crippen LogP contribution in [0.2, 0.25) is 0 Å². The molecule has 4 heteroatoms. The van der Waals surface area contributed by atoms with Crippen molar-refractivity contribution in [1.29, 1.82) is 0 Å². The van der Waals surface area contributed by atoms with Gasteiger partial charge in [-0.1, -0.05) is 12.1 Å². The highest BCUT2D eigenvalue weighted by Gasteiger charge is 2.06. The molecule has 0 aromatic heterocycles. The fraction of sp³-hybridized carbons (Fsp3) is 0. The van der Waals surface area contributed by atoms with Gasteiger partial charge in [0.1, 0.15) is 0 Å². The van der Waals surface area contributed by atoms with E-state index in [1.54, 1.807) is 12.1 Å². The molecule has 1 aromatic carbocycles. The average molecular weight is 163 g/mol. The summed E-state index contributed by atoms with van der Waals surface area (Å²) in [4.78, 5) is 23.6. The number of nitrogens with zero attached hydrogens (tertiary/aromatic N) is 1. The van der Waals surface area contributed by atoms with Crippen molar-refractivity contribution in [2.24, 2.45) is 4.99 Å². The van der Waals surface area contributed by atoms with E-state index in [0.29, 0.717) is 0 Å². The van der Waals surface area contributed by atoms with E-state index in [4.69, 9.17) is 5.11 Å². The molecule has 0 aliphatic carbocycles. The second kappa shape index (κ2) is 3.46. The van der Waals surface area contributed by atoms with E-state index < -0.39 is 5.97 Å². The van der Waals surface area contributed by atoms with Gasteiger partial charge in [-0.15, -0.1) is 0 Å². The SMILES string of the molecule is O=C=Nc1ccccc1C(=O)O. The van der Waals surface area contributed by atoms with Crippen LogP contribution in [0.25, 0.3) is 0 Å². The van der Waals surface area contributed by atoms with E-state index in [1.807, 2.05) is 0 Å². The molecule has 60 valence electrons. The average Bonchev–Trinajstić information content (AvgIpc) is 2.05. The Morgan fingerprint density at radius 2 is 2.08 bits per heavy atom. The molecule has 1 N–H and O–H groups in total. The number of carboxylic acids is 1. The zero-order valence-electron chi connectivity index (χ0n) is 6.02. The van der Waals surface area contributed by atoms with Gasteiger partial charge in [-0.2, -0.15) is 4.99 Å². The molecule has 0 aliphatic heterocycles. The monoisotopic (exact) mass is 163 g/mol. The molecule has 0 unspecified atom stereocenters. The number of aliphatic imine (C=N–C) groups is 1. The second-order valence-electron chi connectivity index (χ2n) is 2.03. The lowest BCUT2D eigenvalue weighted by atomic mass is 10.2. The quantitative estimate of drug-likeness (QED) is 0.528.